The molecule has 0 atom stereocenters. The average molecular weight is 490 g/mol. The number of carbonyl (C=O) groups is 1. The lowest BCUT2D eigenvalue weighted by Gasteiger charge is -2.31. The predicted octanol–water partition coefficient (Wildman–Crippen LogP) is 5.78. The van der Waals surface area contributed by atoms with E-state index in [0.717, 1.165) is 76.0 Å². The third-order valence-electron chi connectivity index (χ3n) is 7.60. The van der Waals surface area contributed by atoms with Crippen molar-refractivity contribution >= 4 is 17.2 Å². The second-order valence-electron chi connectivity index (χ2n) is 10.8. The summed E-state index contributed by atoms with van der Waals surface area (Å²) in [6, 6.07) is 9.13. The van der Waals surface area contributed by atoms with Crippen LogP contribution in [0.2, 0.25) is 0 Å². The number of allylic oxidation sites excluding steroid dienone is 2. The van der Waals surface area contributed by atoms with Crippen molar-refractivity contribution in [3.63, 3.8) is 0 Å². The maximum absolute atomic E-state index is 13.0. The normalized spacial score (nSPS) is 21.4. The van der Waals surface area contributed by atoms with Crippen LogP contribution in [0.5, 0.6) is 0 Å². The minimum absolute atomic E-state index is 0.153. The van der Waals surface area contributed by atoms with Crippen LogP contribution in [0, 0.1) is 16.7 Å². The van der Waals surface area contributed by atoms with Crippen LogP contribution in [0.3, 0.4) is 0 Å². The number of aromatic amines is 1. The molecule has 36 heavy (non-hydrogen) atoms. The Morgan fingerprint density at radius 2 is 2.08 bits per heavy atom. The van der Waals surface area contributed by atoms with Gasteiger partial charge in [-0.2, -0.15) is 5.26 Å². The number of amides is 1. The van der Waals surface area contributed by atoms with Gasteiger partial charge in [-0.25, -0.2) is 4.98 Å². The Kier molecular flexibility index (Phi) is 8.60. The Balaban J connectivity index is 1.51. The van der Waals surface area contributed by atoms with Crippen molar-refractivity contribution in [2.75, 3.05) is 25.1 Å². The van der Waals surface area contributed by atoms with E-state index in [1.54, 1.807) is 0 Å². The molecule has 1 fully saturated rings. The molecule has 1 aromatic heterocycles. The third kappa shape index (κ3) is 6.63. The molecule has 1 aromatic carbocycles. The SMILES string of the molecule is CCOCCNC1CCC(c2ccc(C3=CCC(C)(C)CC3)c(NC(=O)c3ncc(C#N)[nH]3)c2)CC1. The number of carbonyl (C=O) groups excluding carboxylic acids is 1. The molecule has 7 nitrogen and oxygen atoms in total. The van der Waals surface area contributed by atoms with Crippen LogP contribution in [0.1, 0.15) is 99.1 Å². The molecular weight excluding hydrogens is 450 g/mol. The molecule has 192 valence electrons. The maximum Gasteiger partial charge on any atom is 0.291 e. The van der Waals surface area contributed by atoms with Crippen LogP contribution in [-0.4, -0.2) is 41.7 Å². The molecule has 2 aliphatic carbocycles. The second-order valence-corrected chi connectivity index (χ2v) is 10.8. The Hall–Kier alpha value is -2.95. The topological polar surface area (TPSA) is 103 Å². The highest BCUT2D eigenvalue weighted by Gasteiger charge is 2.26. The summed E-state index contributed by atoms with van der Waals surface area (Å²) in [5.74, 6) is 0.307. The number of nitrogens with zero attached hydrogens (tertiary/aromatic N) is 2. The van der Waals surface area contributed by atoms with Crippen LogP contribution in [0.15, 0.2) is 30.5 Å². The van der Waals surface area contributed by atoms with Gasteiger partial charge >= 0.3 is 0 Å². The van der Waals surface area contributed by atoms with E-state index in [4.69, 9.17) is 10.00 Å². The Labute approximate surface area is 214 Å². The lowest BCUT2D eigenvalue weighted by Crippen LogP contribution is -2.35. The van der Waals surface area contributed by atoms with Crippen molar-refractivity contribution < 1.29 is 9.53 Å². The zero-order valence-electron chi connectivity index (χ0n) is 21.8. The summed E-state index contributed by atoms with van der Waals surface area (Å²) in [6.45, 7) is 9.06. The minimum atomic E-state index is -0.325. The Morgan fingerprint density at radius 1 is 1.28 bits per heavy atom. The van der Waals surface area contributed by atoms with Gasteiger partial charge in [0.15, 0.2) is 5.82 Å². The van der Waals surface area contributed by atoms with Gasteiger partial charge in [0.1, 0.15) is 11.8 Å². The van der Waals surface area contributed by atoms with Crippen molar-refractivity contribution in [2.24, 2.45) is 5.41 Å². The van der Waals surface area contributed by atoms with Crippen LogP contribution in [0.25, 0.3) is 5.57 Å². The number of benzene rings is 1. The van der Waals surface area contributed by atoms with E-state index in [9.17, 15) is 4.79 Å². The molecule has 3 N–H and O–H groups in total. The highest BCUT2D eigenvalue weighted by atomic mass is 16.5. The minimum Gasteiger partial charge on any atom is -0.380 e. The first-order chi connectivity index (χ1) is 17.4. The van der Waals surface area contributed by atoms with E-state index in [1.807, 2.05) is 13.0 Å². The number of anilines is 1. The summed E-state index contributed by atoms with van der Waals surface area (Å²) in [4.78, 5) is 19.9. The highest BCUT2D eigenvalue weighted by Crippen LogP contribution is 2.41. The fraction of sp³-hybridized carbons (Fsp3) is 0.552. The molecule has 2 aromatic rings. The number of nitrogens with one attached hydrogen (secondary N) is 3. The number of aromatic nitrogens is 2. The molecule has 0 spiro atoms. The quantitative estimate of drug-likeness (QED) is 0.388. The second kappa shape index (κ2) is 11.9. The van der Waals surface area contributed by atoms with Gasteiger partial charge in [0.05, 0.1) is 12.8 Å². The van der Waals surface area contributed by atoms with E-state index in [2.05, 4.69) is 58.7 Å². The average Bonchev–Trinajstić information content (AvgIpc) is 3.37. The number of rotatable bonds is 9. The zero-order valence-corrected chi connectivity index (χ0v) is 21.8. The van der Waals surface area contributed by atoms with Gasteiger partial charge < -0.3 is 20.4 Å². The Bertz CT molecular complexity index is 1120. The number of imidazole rings is 1. The van der Waals surface area contributed by atoms with Crippen LogP contribution >= 0.6 is 0 Å². The summed E-state index contributed by atoms with van der Waals surface area (Å²) < 4.78 is 5.45. The highest BCUT2D eigenvalue weighted by molar-refractivity contribution is 6.03. The number of H-pyrrole nitrogens is 1. The lowest BCUT2D eigenvalue weighted by atomic mass is 9.76. The van der Waals surface area contributed by atoms with Crippen LogP contribution in [-0.2, 0) is 4.74 Å². The molecule has 4 rings (SSSR count). The molecule has 0 bridgehead atoms. The van der Waals surface area contributed by atoms with Crippen molar-refractivity contribution in [1.29, 1.82) is 5.26 Å². The van der Waals surface area contributed by atoms with E-state index in [1.165, 1.54) is 17.3 Å². The molecule has 0 radical (unpaired) electrons. The van der Waals surface area contributed by atoms with Crippen molar-refractivity contribution in [1.82, 2.24) is 15.3 Å². The molecular formula is C29H39N5O2. The predicted molar refractivity (Wildman–Crippen MR) is 143 cm³/mol. The van der Waals surface area contributed by atoms with Gasteiger partial charge in [-0.15, -0.1) is 0 Å². The number of hydrogen-bond acceptors (Lipinski definition) is 5. The fourth-order valence-corrected chi connectivity index (χ4v) is 5.31. The largest absolute Gasteiger partial charge is 0.380 e. The number of nitriles is 1. The number of hydrogen-bond donors (Lipinski definition) is 3. The standard InChI is InChI=1S/C29H39N5O2/c1-4-36-16-15-31-23-8-5-20(6-9-23)22-7-10-25(21-11-13-29(2,3)14-12-21)26(17-22)34-28(35)27-32-19-24(18-30)33-27/h7,10-11,17,19-20,23,31H,4-6,8-9,12-16H2,1-3H3,(H,32,33)(H,34,35). The summed E-state index contributed by atoms with van der Waals surface area (Å²) in [5, 5.41) is 15.8. The summed E-state index contributed by atoms with van der Waals surface area (Å²) in [6.07, 6.45) is 11.4. The summed E-state index contributed by atoms with van der Waals surface area (Å²) >= 11 is 0. The number of ether oxygens (including phenoxy) is 1. The smallest absolute Gasteiger partial charge is 0.291 e. The first kappa shape index (κ1) is 26.1. The fourth-order valence-electron chi connectivity index (χ4n) is 5.31. The van der Waals surface area contributed by atoms with E-state index in [-0.39, 0.29) is 17.4 Å². The van der Waals surface area contributed by atoms with Gasteiger partial charge in [-0.3, -0.25) is 4.79 Å². The first-order valence-corrected chi connectivity index (χ1v) is 13.3. The zero-order chi connectivity index (χ0) is 25.5. The van der Waals surface area contributed by atoms with Gasteiger partial charge in [-0.1, -0.05) is 32.1 Å². The van der Waals surface area contributed by atoms with Gasteiger partial charge in [0.25, 0.3) is 5.91 Å². The van der Waals surface area contributed by atoms with Crippen molar-refractivity contribution in [3.8, 4) is 6.07 Å². The van der Waals surface area contributed by atoms with Crippen molar-refractivity contribution in [3.05, 3.63) is 53.1 Å². The monoisotopic (exact) mass is 489 g/mol. The maximum atomic E-state index is 13.0. The molecule has 2 aliphatic rings. The molecule has 7 heteroatoms. The molecule has 1 saturated carbocycles. The van der Waals surface area contributed by atoms with E-state index >= 15 is 0 Å². The summed E-state index contributed by atoms with van der Waals surface area (Å²) in [5.41, 5.74) is 5.06. The molecule has 1 heterocycles. The van der Waals surface area contributed by atoms with Gasteiger partial charge in [0.2, 0.25) is 0 Å². The van der Waals surface area contributed by atoms with E-state index in [0.29, 0.717) is 17.4 Å². The van der Waals surface area contributed by atoms with Crippen LogP contribution < -0.4 is 10.6 Å². The van der Waals surface area contributed by atoms with Crippen LogP contribution in [0.4, 0.5) is 5.69 Å². The molecule has 0 aliphatic heterocycles. The van der Waals surface area contributed by atoms with Gasteiger partial charge in [-0.05, 0) is 80.4 Å². The summed E-state index contributed by atoms with van der Waals surface area (Å²) in [7, 11) is 0. The molecule has 1 amide bonds. The lowest BCUT2D eigenvalue weighted by molar-refractivity contribution is 0.101. The third-order valence-corrected chi connectivity index (χ3v) is 7.60. The first-order valence-electron chi connectivity index (χ1n) is 13.3. The Morgan fingerprint density at radius 3 is 2.75 bits per heavy atom. The van der Waals surface area contributed by atoms with Gasteiger partial charge in [0, 0.05) is 30.4 Å². The van der Waals surface area contributed by atoms with E-state index < -0.39 is 0 Å². The molecule has 0 unspecified atom stereocenters. The molecule has 0 saturated heterocycles. The van der Waals surface area contributed by atoms with Crippen molar-refractivity contribution in [2.45, 2.75) is 77.7 Å².